The molecule has 3 rings (SSSR count). The second kappa shape index (κ2) is 7.74. The van der Waals surface area contributed by atoms with Crippen LogP contribution in [-0.4, -0.2) is 39.2 Å². The minimum Gasteiger partial charge on any atom is -0.469 e. The number of esters is 1. The Morgan fingerprint density at radius 2 is 2.12 bits per heavy atom. The Hall–Kier alpha value is -2.61. The quantitative estimate of drug-likeness (QED) is 0.272. The zero-order chi connectivity index (χ0) is 18.7. The molecule has 3 heterocycles. The van der Waals surface area contributed by atoms with Gasteiger partial charge in [0.15, 0.2) is 5.78 Å². The van der Waals surface area contributed by atoms with Crippen molar-refractivity contribution in [3.63, 3.8) is 0 Å². The predicted molar refractivity (Wildman–Crippen MR) is 97.2 cm³/mol. The molecular weight excluding hydrogens is 354 g/mol. The molecular formula is C18H19N3O4S. The van der Waals surface area contributed by atoms with Crippen molar-refractivity contribution in [1.82, 2.24) is 14.5 Å². The molecule has 0 unspecified atom stereocenters. The van der Waals surface area contributed by atoms with E-state index in [2.05, 4.69) is 19.3 Å². The number of carbonyl (C=O) groups is 2. The highest BCUT2D eigenvalue weighted by Gasteiger charge is 2.19. The monoisotopic (exact) mass is 373 g/mol. The van der Waals surface area contributed by atoms with Crippen LogP contribution >= 0.6 is 11.8 Å². The summed E-state index contributed by atoms with van der Waals surface area (Å²) in [5.41, 5.74) is 2.93. The number of furan rings is 1. The summed E-state index contributed by atoms with van der Waals surface area (Å²) in [5, 5.41) is 1.65. The van der Waals surface area contributed by atoms with Gasteiger partial charge in [0.25, 0.3) is 0 Å². The summed E-state index contributed by atoms with van der Waals surface area (Å²) in [6.45, 7) is 4.61. The van der Waals surface area contributed by atoms with Gasteiger partial charge in [0, 0.05) is 5.69 Å². The second-order valence-electron chi connectivity index (χ2n) is 5.83. The fraction of sp³-hybridized carbons (Fsp3) is 0.333. The predicted octanol–water partition coefficient (Wildman–Crippen LogP) is 2.91. The van der Waals surface area contributed by atoms with Gasteiger partial charge in [0.05, 0.1) is 31.1 Å². The lowest BCUT2D eigenvalue weighted by Gasteiger charge is -2.06. The van der Waals surface area contributed by atoms with Gasteiger partial charge in [-0.1, -0.05) is 11.8 Å². The van der Waals surface area contributed by atoms with E-state index in [1.807, 2.05) is 26.0 Å². The molecule has 0 aliphatic heterocycles. The molecule has 0 spiro atoms. The number of Topliss-reactive ketones (excluding diaryl/α,β-unsaturated/α-hetero) is 1. The number of methoxy groups -OCH3 is 1. The Morgan fingerprint density at radius 1 is 1.31 bits per heavy atom. The summed E-state index contributed by atoms with van der Waals surface area (Å²) in [6.07, 6.45) is 2.91. The van der Waals surface area contributed by atoms with Crippen LogP contribution in [0.2, 0.25) is 0 Å². The van der Waals surface area contributed by atoms with Gasteiger partial charge in [-0.3, -0.25) is 9.59 Å². The summed E-state index contributed by atoms with van der Waals surface area (Å²) in [4.78, 5) is 31.9. The molecule has 0 saturated heterocycles. The number of hydrogen-bond acceptors (Lipinski definition) is 7. The fourth-order valence-corrected chi connectivity index (χ4v) is 3.64. The lowest BCUT2D eigenvalue weighted by Crippen LogP contribution is -2.11. The van der Waals surface area contributed by atoms with Crippen molar-refractivity contribution in [2.24, 2.45) is 0 Å². The molecule has 3 aromatic rings. The molecule has 8 heteroatoms. The van der Waals surface area contributed by atoms with Gasteiger partial charge in [0.2, 0.25) is 0 Å². The molecule has 7 nitrogen and oxygen atoms in total. The molecule has 0 amide bonds. The van der Waals surface area contributed by atoms with Crippen LogP contribution < -0.4 is 0 Å². The lowest BCUT2D eigenvalue weighted by atomic mass is 10.2. The molecule has 136 valence electrons. The minimum atomic E-state index is -0.528. The average molecular weight is 373 g/mol. The Morgan fingerprint density at radius 3 is 2.81 bits per heavy atom. The zero-order valence-electron chi connectivity index (χ0n) is 14.8. The third-order valence-corrected chi connectivity index (χ3v) is 5.25. The number of nitrogens with zero attached hydrogens (tertiary/aromatic N) is 3. The third-order valence-electron chi connectivity index (χ3n) is 4.20. The molecule has 0 atom stereocenters. The van der Waals surface area contributed by atoms with Crippen molar-refractivity contribution in [2.75, 3.05) is 12.9 Å². The van der Waals surface area contributed by atoms with E-state index in [9.17, 15) is 9.59 Å². The molecule has 0 radical (unpaired) electrons. The highest BCUT2D eigenvalue weighted by atomic mass is 32.2. The summed E-state index contributed by atoms with van der Waals surface area (Å²) in [6, 6.07) is 3.77. The maximum atomic E-state index is 11.9. The third kappa shape index (κ3) is 3.65. The summed E-state index contributed by atoms with van der Waals surface area (Å²) in [7, 11) is 1.27. The van der Waals surface area contributed by atoms with Crippen LogP contribution in [0.15, 0.2) is 34.2 Å². The van der Waals surface area contributed by atoms with Crippen LogP contribution in [0.5, 0.6) is 0 Å². The number of fused-ring (bicyclic) bond motifs is 1. The van der Waals surface area contributed by atoms with Gasteiger partial charge < -0.3 is 13.7 Å². The summed E-state index contributed by atoms with van der Waals surface area (Å²) < 4.78 is 12.0. The van der Waals surface area contributed by atoms with Crippen LogP contribution in [-0.2, 0) is 20.9 Å². The molecule has 0 aromatic carbocycles. The van der Waals surface area contributed by atoms with E-state index < -0.39 is 5.97 Å². The highest BCUT2D eigenvalue weighted by Crippen LogP contribution is 2.31. The molecule has 0 fully saturated rings. The molecule has 0 N–H and O–H groups in total. The van der Waals surface area contributed by atoms with Crippen molar-refractivity contribution in [3.05, 3.63) is 41.7 Å². The van der Waals surface area contributed by atoms with E-state index in [-0.39, 0.29) is 18.0 Å². The number of hydrogen-bond donors (Lipinski definition) is 0. The Bertz CT molecular complexity index is 947. The first-order chi connectivity index (χ1) is 12.5. The van der Waals surface area contributed by atoms with E-state index in [1.165, 1.54) is 25.2 Å². The van der Waals surface area contributed by atoms with Crippen LogP contribution in [0, 0.1) is 13.8 Å². The highest BCUT2D eigenvalue weighted by molar-refractivity contribution is 8.00. The summed E-state index contributed by atoms with van der Waals surface area (Å²) in [5.74, 6) is 0.271. The molecule has 0 aliphatic carbocycles. The van der Waals surface area contributed by atoms with Crippen LogP contribution in [0.1, 0.15) is 23.4 Å². The van der Waals surface area contributed by atoms with Crippen molar-refractivity contribution in [3.8, 4) is 0 Å². The number of thioether (sulfide) groups is 1. The number of aryl methyl sites for hydroxylation is 1. The van der Waals surface area contributed by atoms with E-state index in [0.29, 0.717) is 6.54 Å². The Labute approximate surface area is 154 Å². The number of rotatable bonds is 7. The average Bonchev–Trinajstić information content (AvgIpc) is 3.23. The second-order valence-corrected chi connectivity index (χ2v) is 6.80. The first kappa shape index (κ1) is 18.2. The normalized spacial score (nSPS) is 11.0. The largest absolute Gasteiger partial charge is 0.469 e. The Balaban J connectivity index is 1.88. The van der Waals surface area contributed by atoms with Crippen LogP contribution in [0.4, 0.5) is 0 Å². The van der Waals surface area contributed by atoms with E-state index in [1.54, 1.807) is 6.26 Å². The molecule has 26 heavy (non-hydrogen) atoms. The first-order valence-electron chi connectivity index (χ1n) is 8.05. The number of carbonyl (C=O) groups excluding carboxylic acids is 2. The minimum absolute atomic E-state index is 0.156. The van der Waals surface area contributed by atoms with E-state index in [4.69, 9.17) is 4.42 Å². The fourth-order valence-electron chi connectivity index (χ4n) is 2.73. The Kier molecular flexibility index (Phi) is 5.41. The van der Waals surface area contributed by atoms with Gasteiger partial charge >= 0.3 is 5.97 Å². The van der Waals surface area contributed by atoms with Crippen LogP contribution in [0.3, 0.4) is 0 Å². The smallest absolute Gasteiger partial charge is 0.313 e. The zero-order valence-corrected chi connectivity index (χ0v) is 15.6. The van der Waals surface area contributed by atoms with Crippen molar-refractivity contribution in [1.29, 1.82) is 0 Å². The van der Waals surface area contributed by atoms with Gasteiger partial charge in [-0.2, -0.15) is 0 Å². The van der Waals surface area contributed by atoms with E-state index >= 15 is 0 Å². The first-order valence-corrected chi connectivity index (χ1v) is 9.04. The van der Waals surface area contributed by atoms with Gasteiger partial charge in [-0.25, -0.2) is 9.97 Å². The number of ether oxygens (including phenoxy) is 1. The molecule has 3 aromatic heterocycles. The number of ketones is 1. The van der Waals surface area contributed by atoms with Gasteiger partial charge in [-0.05, 0) is 31.5 Å². The van der Waals surface area contributed by atoms with Crippen molar-refractivity contribution < 1.29 is 18.7 Å². The maximum absolute atomic E-state index is 11.9. The molecule has 0 saturated carbocycles. The van der Waals surface area contributed by atoms with Crippen molar-refractivity contribution >= 4 is 34.5 Å². The SMILES string of the molecule is COC(=O)CC(=O)CSc1ncnc2c1c(C)c(C)n2Cc1ccco1. The summed E-state index contributed by atoms with van der Waals surface area (Å²) >= 11 is 1.31. The topological polar surface area (TPSA) is 87.2 Å². The van der Waals surface area contributed by atoms with Gasteiger partial charge in [-0.15, -0.1) is 0 Å². The van der Waals surface area contributed by atoms with Crippen molar-refractivity contribution in [2.45, 2.75) is 31.8 Å². The standard InChI is InChI=1S/C18H19N3O4S/c1-11-12(2)21(8-14-5-4-6-25-14)17-16(11)18(20-10-19-17)26-9-13(22)7-15(23)24-3/h4-6,10H,7-9H2,1-3H3. The van der Waals surface area contributed by atoms with Crippen LogP contribution in [0.25, 0.3) is 11.0 Å². The maximum Gasteiger partial charge on any atom is 0.313 e. The molecule has 0 bridgehead atoms. The van der Waals surface area contributed by atoms with E-state index in [0.717, 1.165) is 33.1 Å². The number of aromatic nitrogens is 3. The van der Waals surface area contributed by atoms with Gasteiger partial charge in [0.1, 0.15) is 29.2 Å². The molecule has 0 aliphatic rings. The lowest BCUT2D eigenvalue weighted by molar-refractivity contribution is -0.142.